The van der Waals surface area contributed by atoms with Crippen molar-refractivity contribution in [2.75, 3.05) is 18.9 Å². The minimum absolute atomic E-state index is 0.550. The minimum atomic E-state index is 0.550. The van der Waals surface area contributed by atoms with E-state index < -0.39 is 0 Å². The lowest BCUT2D eigenvalue weighted by Crippen LogP contribution is -1.97. The van der Waals surface area contributed by atoms with Crippen LogP contribution in [0.25, 0.3) is 12.2 Å². The highest BCUT2D eigenvalue weighted by molar-refractivity contribution is 7.13. The van der Waals surface area contributed by atoms with Crippen LogP contribution in [-0.2, 0) is 0 Å². The van der Waals surface area contributed by atoms with Crippen molar-refractivity contribution in [2.24, 2.45) is 0 Å². The summed E-state index contributed by atoms with van der Waals surface area (Å²) in [6.45, 7) is 1.30. The van der Waals surface area contributed by atoms with Crippen molar-refractivity contribution in [3.8, 4) is 11.5 Å². The summed E-state index contributed by atoms with van der Waals surface area (Å²) >= 11 is 7.66. The number of anilines is 1. The van der Waals surface area contributed by atoms with E-state index >= 15 is 0 Å². The zero-order chi connectivity index (χ0) is 13.9. The molecule has 20 heavy (non-hydrogen) atoms. The molecular formula is C14H13ClN2O2S. The Morgan fingerprint density at radius 1 is 1.20 bits per heavy atom. The van der Waals surface area contributed by atoms with Crippen molar-refractivity contribution in [2.45, 2.75) is 6.42 Å². The second-order valence-corrected chi connectivity index (χ2v) is 5.61. The summed E-state index contributed by atoms with van der Waals surface area (Å²) < 4.78 is 11.2. The molecule has 0 aliphatic carbocycles. The molecule has 104 valence electrons. The number of nitrogens with two attached hydrogens (primary N) is 1. The minimum Gasteiger partial charge on any atom is -0.490 e. The average Bonchev–Trinajstić information content (AvgIpc) is 2.71. The van der Waals surface area contributed by atoms with Crippen LogP contribution in [0, 0.1) is 0 Å². The summed E-state index contributed by atoms with van der Waals surface area (Å²) in [5, 5.41) is 3.06. The molecule has 0 saturated heterocycles. The van der Waals surface area contributed by atoms with Crippen LogP contribution in [0.2, 0.25) is 5.02 Å². The number of nitrogens with zero attached hydrogens (tertiary/aromatic N) is 1. The second kappa shape index (κ2) is 5.73. The number of ether oxygens (including phenoxy) is 2. The summed E-state index contributed by atoms with van der Waals surface area (Å²) in [6.07, 6.45) is 4.64. The molecule has 0 atom stereocenters. The molecule has 0 bridgehead atoms. The number of halogens is 1. The fourth-order valence-electron chi connectivity index (χ4n) is 1.88. The van der Waals surface area contributed by atoms with Gasteiger partial charge < -0.3 is 15.2 Å². The number of hydrogen-bond donors (Lipinski definition) is 1. The smallest absolute Gasteiger partial charge is 0.180 e. The van der Waals surface area contributed by atoms with Crippen LogP contribution in [0.5, 0.6) is 11.5 Å². The molecule has 2 aromatic rings. The van der Waals surface area contributed by atoms with Crippen LogP contribution in [0.15, 0.2) is 17.5 Å². The standard InChI is InChI=1S/C14H13ClN2O2S/c15-11-7-13-12(18-4-1-5-19-13)6-9(11)2-3-10-8-20-14(16)17-10/h2-3,6-8H,1,4-5H2,(H2,16,17). The highest BCUT2D eigenvalue weighted by atomic mass is 35.5. The molecule has 1 aromatic carbocycles. The third kappa shape index (κ3) is 2.89. The van der Waals surface area contributed by atoms with Crippen LogP contribution in [-0.4, -0.2) is 18.2 Å². The van der Waals surface area contributed by atoms with Gasteiger partial charge in [0.15, 0.2) is 16.6 Å². The van der Waals surface area contributed by atoms with Crippen LogP contribution in [0.3, 0.4) is 0 Å². The number of nitrogen functional groups attached to an aromatic ring is 1. The van der Waals surface area contributed by atoms with Gasteiger partial charge in [0.25, 0.3) is 0 Å². The maximum atomic E-state index is 6.26. The van der Waals surface area contributed by atoms with Crippen molar-refractivity contribution >= 4 is 40.2 Å². The molecule has 0 unspecified atom stereocenters. The van der Waals surface area contributed by atoms with Crippen molar-refractivity contribution in [1.82, 2.24) is 4.98 Å². The molecule has 3 rings (SSSR count). The van der Waals surface area contributed by atoms with Crippen molar-refractivity contribution in [1.29, 1.82) is 0 Å². The molecule has 0 fully saturated rings. The van der Waals surface area contributed by atoms with Gasteiger partial charge in [0.2, 0.25) is 0 Å². The summed E-state index contributed by atoms with van der Waals surface area (Å²) in [7, 11) is 0. The maximum absolute atomic E-state index is 6.26. The first-order valence-electron chi connectivity index (χ1n) is 6.20. The zero-order valence-corrected chi connectivity index (χ0v) is 12.2. The molecule has 0 spiro atoms. The van der Waals surface area contributed by atoms with Crippen LogP contribution >= 0.6 is 22.9 Å². The lowest BCUT2D eigenvalue weighted by Gasteiger charge is -2.09. The maximum Gasteiger partial charge on any atom is 0.180 e. The molecule has 2 heterocycles. The van der Waals surface area contributed by atoms with E-state index in [9.17, 15) is 0 Å². The van der Waals surface area contributed by atoms with Gasteiger partial charge in [0, 0.05) is 17.9 Å². The summed E-state index contributed by atoms with van der Waals surface area (Å²) in [5.41, 5.74) is 7.28. The molecule has 0 saturated carbocycles. The van der Waals surface area contributed by atoms with E-state index in [2.05, 4.69) is 4.98 Å². The predicted octanol–water partition coefficient (Wildman–Crippen LogP) is 3.71. The van der Waals surface area contributed by atoms with Gasteiger partial charge in [-0.25, -0.2) is 4.98 Å². The van der Waals surface area contributed by atoms with Gasteiger partial charge in [-0.2, -0.15) is 0 Å². The van der Waals surface area contributed by atoms with Gasteiger partial charge in [-0.1, -0.05) is 17.7 Å². The first kappa shape index (κ1) is 13.3. The highest BCUT2D eigenvalue weighted by Crippen LogP contribution is 2.35. The van der Waals surface area contributed by atoms with Crippen LogP contribution in [0.4, 0.5) is 5.13 Å². The summed E-state index contributed by atoms with van der Waals surface area (Å²) in [6, 6.07) is 3.67. The number of thiazole rings is 1. The molecule has 0 amide bonds. The Labute approximate surface area is 125 Å². The van der Waals surface area contributed by atoms with Gasteiger partial charge in [0.05, 0.1) is 23.9 Å². The average molecular weight is 309 g/mol. The number of hydrogen-bond acceptors (Lipinski definition) is 5. The summed E-state index contributed by atoms with van der Waals surface area (Å²) in [4.78, 5) is 4.17. The molecule has 2 N–H and O–H groups in total. The first-order valence-corrected chi connectivity index (χ1v) is 7.46. The van der Waals surface area contributed by atoms with E-state index in [0.717, 1.165) is 23.4 Å². The lowest BCUT2D eigenvalue weighted by molar-refractivity contribution is 0.297. The Morgan fingerprint density at radius 3 is 2.65 bits per heavy atom. The molecule has 1 aliphatic heterocycles. The number of fused-ring (bicyclic) bond motifs is 1. The van der Waals surface area contributed by atoms with Gasteiger partial charge in [-0.3, -0.25) is 0 Å². The predicted molar refractivity (Wildman–Crippen MR) is 82.5 cm³/mol. The molecule has 0 radical (unpaired) electrons. The van der Waals surface area contributed by atoms with E-state index in [0.29, 0.717) is 29.1 Å². The van der Waals surface area contributed by atoms with Crippen molar-refractivity contribution < 1.29 is 9.47 Å². The highest BCUT2D eigenvalue weighted by Gasteiger charge is 2.12. The zero-order valence-electron chi connectivity index (χ0n) is 10.6. The SMILES string of the molecule is Nc1nc(C=Cc2cc3c(cc2Cl)OCCCO3)cs1. The van der Waals surface area contributed by atoms with Gasteiger partial charge in [-0.05, 0) is 17.7 Å². The van der Waals surface area contributed by atoms with Gasteiger partial charge in [0.1, 0.15) is 0 Å². The third-order valence-corrected chi connectivity index (χ3v) is 3.86. The first-order chi connectivity index (χ1) is 9.72. The van der Waals surface area contributed by atoms with E-state index in [1.807, 2.05) is 23.6 Å². The van der Waals surface area contributed by atoms with E-state index in [-0.39, 0.29) is 0 Å². The fourth-order valence-corrected chi connectivity index (χ4v) is 2.63. The van der Waals surface area contributed by atoms with E-state index in [1.165, 1.54) is 11.3 Å². The van der Waals surface area contributed by atoms with E-state index in [4.69, 9.17) is 26.8 Å². The van der Waals surface area contributed by atoms with E-state index in [1.54, 1.807) is 6.07 Å². The quantitative estimate of drug-likeness (QED) is 0.919. The topological polar surface area (TPSA) is 57.4 Å². The monoisotopic (exact) mass is 308 g/mol. The van der Waals surface area contributed by atoms with Crippen molar-refractivity contribution in [3.63, 3.8) is 0 Å². The Kier molecular flexibility index (Phi) is 3.80. The van der Waals surface area contributed by atoms with Crippen LogP contribution < -0.4 is 15.2 Å². The third-order valence-electron chi connectivity index (χ3n) is 2.84. The lowest BCUT2D eigenvalue weighted by atomic mass is 10.1. The van der Waals surface area contributed by atoms with Crippen molar-refractivity contribution in [3.05, 3.63) is 33.8 Å². The van der Waals surface area contributed by atoms with Gasteiger partial charge >= 0.3 is 0 Å². The number of aromatic nitrogens is 1. The Balaban J connectivity index is 1.89. The fraction of sp³-hybridized carbons (Fsp3) is 0.214. The van der Waals surface area contributed by atoms with Crippen LogP contribution in [0.1, 0.15) is 17.7 Å². The molecule has 4 nitrogen and oxygen atoms in total. The molecular weight excluding hydrogens is 296 g/mol. The Hall–Kier alpha value is -1.72. The normalized spacial score (nSPS) is 14.4. The second-order valence-electron chi connectivity index (χ2n) is 4.31. The molecule has 6 heteroatoms. The Bertz CT molecular complexity index is 655. The number of rotatable bonds is 2. The summed E-state index contributed by atoms with van der Waals surface area (Å²) in [5.74, 6) is 1.42. The largest absolute Gasteiger partial charge is 0.490 e. The molecule has 1 aliphatic rings. The molecule has 1 aromatic heterocycles. The van der Waals surface area contributed by atoms with Gasteiger partial charge in [-0.15, -0.1) is 11.3 Å². The Morgan fingerprint density at radius 2 is 1.95 bits per heavy atom. The number of benzene rings is 1.